The summed E-state index contributed by atoms with van der Waals surface area (Å²) in [6.45, 7) is 6.84. The number of nitrogens with zero attached hydrogens (tertiary/aromatic N) is 2. The molecular formula is C18H24FN3O2. The van der Waals surface area contributed by atoms with Crippen LogP contribution >= 0.6 is 0 Å². The summed E-state index contributed by atoms with van der Waals surface area (Å²) in [5.74, 6) is -0.371. The molecule has 1 heterocycles. The Balaban J connectivity index is 2.05. The molecule has 1 atom stereocenters. The molecule has 0 aliphatic rings. The van der Waals surface area contributed by atoms with E-state index < -0.39 is 11.9 Å². The van der Waals surface area contributed by atoms with Gasteiger partial charge in [-0.1, -0.05) is 39.0 Å². The topological polar surface area (TPSA) is 67.2 Å². The van der Waals surface area contributed by atoms with Crippen molar-refractivity contribution in [1.29, 1.82) is 0 Å². The number of hydrogen-bond donors (Lipinski definition) is 2. The predicted molar refractivity (Wildman–Crippen MR) is 90.1 cm³/mol. The van der Waals surface area contributed by atoms with Crippen molar-refractivity contribution in [3.8, 4) is 0 Å². The van der Waals surface area contributed by atoms with Gasteiger partial charge >= 0.3 is 0 Å². The third-order valence-electron chi connectivity index (χ3n) is 3.79. The molecule has 0 aliphatic carbocycles. The summed E-state index contributed by atoms with van der Waals surface area (Å²) in [5, 5.41) is 17.0. The van der Waals surface area contributed by atoms with Gasteiger partial charge in [0.05, 0.1) is 23.6 Å². The number of carbonyl (C=O) groups is 1. The minimum absolute atomic E-state index is 0.0573. The van der Waals surface area contributed by atoms with Crippen LogP contribution in [0, 0.1) is 11.7 Å². The first-order valence-electron chi connectivity index (χ1n) is 8.19. The molecule has 0 spiro atoms. The maximum absolute atomic E-state index is 13.6. The number of aliphatic hydroxyl groups excluding tert-OH is 1. The normalized spacial score (nSPS) is 12.4. The monoisotopic (exact) mass is 333 g/mol. The number of aliphatic hydroxyl groups is 1. The van der Waals surface area contributed by atoms with Crippen LogP contribution in [0.1, 0.15) is 48.5 Å². The zero-order valence-electron chi connectivity index (χ0n) is 14.3. The summed E-state index contributed by atoms with van der Waals surface area (Å²) in [6, 6.07) is 5.99. The van der Waals surface area contributed by atoms with Crippen molar-refractivity contribution in [3.63, 3.8) is 0 Å². The Bertz CT molecular complexity index is 697. The van der Waals surface area contributed by atoms with Crippen LogP contribution in [0.2, 0.25) is 0 Å². The first kappa shape index (κ1) is 18.1. The predicted octanol–water partition coefficient (Wildman–Crippen LogP) is 2.70. The van der Waals surface area contributed by atoms with Crippen molar-refractivity contribution in [2.75, 3.05) is 6.54 Å². The van der Waals surface area contributed by atoms with Crippen LogP contribution in [0.25, 0.3) is 0 Å². The molecule has 6 heteroatoms. The molecule has 0 saturated carbocycles. The number of nitrogens with one attached hydrogen (secondary N) is 1. The molecule has 1 unspecified atom stereocenters. The summed E-state index contributed by atoms with van der Waals surface area (Å²) < 4.78 is 15.5. The van der Waals surface area contributed by atoms with Crippen molar-refractivity contribution in [2.45, 2.75) is 39.8 Å². The maximum Gasteiger partial charge on any atom is 0.254 e. The molecule has 0 saturated heterocycles. The lowest BCUT2D eigenvalue weighted by atomic mass is 10.1. The van der Waals surface area contributed by atoms with Crippen LogP contribution in [0.5, 0.6) is 0 Å². The fourth-order valence-electron chi connectivity index (χ4n) is 2.62. The molecule has 1 amide bonds. The second-order valence-corrected chi connectivity index (χ2v) is 6.18. The zero-order chi connectivity index (χ0) is 17.7. The Morgan fingerprint density at radius 3 is 2.71 bits per heavy atom. The van der Waals surface area contributed by atoms with Gasteiger partial charge in [0.15, 0.2) is 0 Å². The van der Waals surface area contributed by atoms with Crippen molar-refractivity contribution in [3.05, 3.63) is 53.1 Å². The number of rotatable bonds is 7. The lowest BCUT2D eigenvalue weighted by molar-refractivity contribution is 0.0913. The Hall–Kier alpha value is -2.21. The van der Waals surface area contributed by atoms with Crippen molar-refractivity contribution < 1.29 is 14.3 Å². The summed E-state index contributed by atoms with van der Waals surface area (Å²) in [7, 11) is 0. The average molecular weight is 333 g/mol. The van der Waals surface area contributed by atoms with Gasteiger partial charge in [-0.2, -0.15) is 5.10 Å². The van der Waals surface area contributed by atoms with Crippen LogP contribution in [0.3, 0.4) is 0 Å². The van der Waals surface area contributed by atoms with Crippen LogP contribution in [0.15, 0.2) is 30.5 Å². The second kappa shape index (κ2) is 8.06. The molecule has 0 bridgehead atoms. The second-order valence-electron chi connectivity index (χ2n) is 6.18. The van der Waals surface area contributed by atoms with Crippen LogP contribution in [-0.2, 0) is 13.0 Å². The number of hydrogen-bond acceptors (Lipinski definition) is 3. The van der Waals surface area contributed by atoms with Gasteiger partial charge in [0.1, 0.15) is 5.82 Å². The molecular weight excluding hydrogens is 309 g/mol. The third-order valence-corrected chi connectivity index (χ3v) is 3.79. The van der Waals surface area contributed by atoms with Crippen molar-refractivity contribution in [2.24, 2.45) is 5.92 Å². The maximum atomic E-state index is 13.6. The molecule has 24 heavy (non-hydrogen) atoms. The van der Waals surface area contributed by atoms with E-state index in [0.717, 1.165) is 12.2 Å². The highest BCUT2D eigenvalue weighted by atomic mass is 19.1. The fourth-order valence-corrected chi connectivity index (χ4v) is 2.62. The van der Waals surface area contributed by atoms with E-state index in [2.05, 4.69) is 24.3 Å². The Morgan fingerprint density at radius 1 is 1.38 bits per heavy atom. The molecule has 0 radical (unpaired) electrons. The summed E-state index contributed by atoms with van der Waals surface area (Å²) in [5.41, 5.74) is 1.53. The quantitative estimate of drug-likeness (QED) is 0.819. The van der Waals surface area contributed by atoms with Gasteiger partial charge in [-0.15, -0.1) is 0 Å². The van der Waals surface area contributed by atoms with Crippen molar-refractivity contribution in [1.82, 2.24) is 15.1 Å². The van der Waals surface area contributed by atoms with E-state index in [4.69, 9.17) is 0 Å². The molecule has 0 fully saturated rings. The van der Waals surface area contributed by atoms with Crippen LogP contribution in [0.4, 0.5) is 4.39 Å². The largest absolute Gasteiger partial charge is 0.386 e. The van der Waals surface area contributed by atoms with E-state index in [0.29, 0.717) is 17.9 Å². The van der Waals surface area contributed by atoms with E-state index in [1.54, 1.807) is 18.3 Å². The lowest BCUT2D eigenvalue weighted by Gasteiger charge is -2.13. The highest BCUT2D eigenvalue weighted by molar-refractivity contribution is 5.95. The lowest BCUT2D eigenvalue weighted by Crippen LogP contribution is -2.29. The zero-order valence-corrected chi connectivity index (χ0v) is 14.3. The average Bonchev–Trinajstić information content (AvgIpc) is 2.94. The number of aromatic nitrogens is 2. The van der Waals surface area contributed by atoms with Gasteiger partial charge < -0.3 is 10.4 Å². The van der Waals surface area contributed by atoms with Gasteiger partial charge in [-0.25, -0.2) is 4.39 Å². The van der Waals surface area contributed by atoms with Crippen molar-refractivity contribution >= 4 is 5.91 Å². The molecule has 0 aliphatic heterocycles. The molecule has 5 nitrogen and oxygen atoms in total. The van der Waals surface area contributed by atoms with Gasteiger partial charge in [0, 0.05) is 18.7 Å². The van der Waals surface area contributed by atoms with Gasteiger partial charge in [-0.05, 0) is 18.4 Å². The minimum Gasteiger partial charge on any atom is -0.386 e. The standard InChI is InChI=1S/C18H24FN3O2/c1-4-16-14(9-21-22(16)11-12(2)3)18(24)20-10-17(23)13-7-5-6-8-15(13)19/h5-9,12,17,23H,4,10-11H2,1-3H3,(H,20,24). The number of halogens is 1. The van der Waals surface area contributed by atoms with E-state index in [1.807, 2.05) is 11.6 Å². The SMILES string of the molecule is CCc1c(C(=O)NCC(O)c2ccccc2F)cnn1CC(C)C. The van der Waals surface area contributed by atoms with Gasteiger partial charge in [0.2, 0.25) is 0 Å². The van der Waals surface area contributed by atoms with E-state index in [-0.39, 0.29) is 18.0 Å². The first-order chi connectivity index (χ1) is 11.4. The minimum atomic E-state index is -1.09. The Morgan fingerprint density at radius 2 is 2.08 bits per heavy atom. The number of amides is 1. The molecule has 1 aromatic heterocycles. The van der Waals surface area contributed by atoms with Gasteiger partial charge in [-0.3, -0.25) is 9.48 Å². The van der Waals surface area contributed by atoms with E-state index in [1.165, 1.54) is 12.1 Å². The summed E-state index contributed by atoms with van der Waals surface area (Å²) in [4.78, 5) is 12.4. The Kier molecular flexibility index (Phi) is 6.09. The highest BCUT2D eigenvalue weighted by Gasteiger charge is 2.19. The molecule has 2 rings (SSSR count). The molecule has 130 valence electrons. The third kappa shape index (κ3) is 4.20. The van der Waals surface area contributed by atoms with E-state index in [9.17, 15) is 14.3 Å². The highest BCUT2D eigenvalue weighted by Crippen LogP contribution is 2.16. The smallest absolute Gasteiger partial charge is 0.254 e. The van der Waals surface area contributed by atoms with Gasteiger partial charge in [0.25, 0.3) is 5.91 Å². The van der Waals surface area contributed by atoms with Crippen LogP contribution in [-0.4, -0.2) is 27.3 Å². The summed E-state index contributed by atoms with van der Waals surface area (Å²) in [6.07, 6.45) is 1.14. The molecule has 1 aromatic carbocycles. The molecule has 2 aromatic rings. The van der Waals surface area contributed by atoms with Crippen LogP contribution < -0.4 is 5.32 Å². The first-order valence-corrected chi connectivity index (χ1v) is 8.19. The number of carbonyl (C=O) groups excluding carboxylic acids is 1. The number of benzene rings is 1. The fraction of sp³-hybridized carbons (Fsp3) is 0.444. The Labute approximate surface area is 141 Å². The van der Waals surface area contributed by atoms with E-state index >= 15 is 0 Å². The summed E-state index contributed by atoms with van der Waals surface area (Å²) >= 11 is 0. The molecule has 2 N–H and O–H groups in total.